The van der Waals surface area contributed by atoms with Crippen molar-refractivity contribution in [3.63, 3.8) is 0 Å². The molecule has 7 heteroatoms. The molecule has 1 saturated heterocycles. The average molecular weight is 353 g/mol. The molecule has 1 aliphatic rings. The van der Waals surface area contributed by atoms with E-state index in [1.807, 2.05) is 18.2 Å². The summed E-state index contributed by atoms with van der Waals surface area (Å²) >= 11 is 6.16. The monoisotopic (exact) mass is 352 g/mol. The van der Waals surface area contributed by atoms with Gasteiger partial charge in [0.1, 0.15) is 12.1 Å². The third-order valence-electron chi connectivity index (χ3n) is 4.20. The number of carbonyl (C=O) groups excluding carboxylic acids is 3. The van der Waals surface area contributed by atoms with E-state index < -0.39 is 11.5 Å². The minimum Gasteiger partial charge on any atom is -0.465 e. The van der Waals surface area contributed by atoms with E-state index in [0.717, 1.165) is 5.56 Å². The van der Waals surface area contributed by atoms with Crippen molar-refractivity contribution in [1.29, 1.82) is 0 Å². The van der Waals surface area contributed by atoms with Crippen molar-refractivity contribution in [1.82, 2.24) is 10.2 Å². The molecule has 2 amide bonds. The molecule has 1 unspecified atom stereocenters. The molecule has 1 fully saturated rings. The topological polar surface area (TPSA) is 75.7 Å². The maximum Gasteiger partial charge on any atom is 0.325 e. The Labute approximate surface area is 146 Å². The smallest absolute Gasteiger partial charge is 0.325 e. The fourth-order valence-corrected chi connectivity index (χ4v) is 2.94. The number of rotatable bonds is 6. The predicted octanol–water partition coefficient (Wildman–Crippen LogP) is 1.90. The van der Waals surface area contributed by atoms with Crippen molar-refractivity contribution >= 4 is 29.4 Å². The van der Waals surface area contributed by atoms with Gasteiger partial charge in [-0.2, -0.15) is 0 Å². The largest absolute Gasteiger partial charge is 0.465 e. The van der Waals surface area contributed by atoms with Gasteiger partial charge >= 0.3 is 5.97 Å². The average Bonchev–Trinajstić information content (AvgIpc) is 2.84. The van der Waals surface area contributed by atoms with Gasteiger partial charge in [-0.15, -0.1) is 0 Å². The molecule has 1 aromatic carbocycles. The summed E-state index contributed by atoms with van der Waals surface area (Å²) in [5, 5.41) is 3.11. The third kappa shape index (κ3) is 3.87. The molecule has 24 heavy (non-hydrogen) atoms. The molecule has 1 aliphatic heterocycles. The van der Waals surface area contributed by atoms with Crippen molar-refractivity contribution in [2.45, 2.75) is 38.8 Å². The second-order valence-electron chi connectivity index (χ2n) is 5.83. The Balaban J connectivity index is 2.11. The number of nitrogens with zero attached hydrogens (tertiary/aromatic N) is 1. The van der Waals surface area contributed by atoms with Crippen molar-refractivity contribution in [2.24, 2.45) is 0 Å². The summed E-state index contributed by atoms with van der Waals surface area (Å²) in [6.07, 6.45) is 0.679. The summed E-state index contributed by atoms with van der Waals surface area (Å²) in [6.45, 7) is 3.69. The maximum absolute atomic E-state index is 12.6. The minimum atomic E-state index is -1.01. The highest BCUT2D eigenvalue weighted by Crippen LogP contribution is 2.33. The van der Waals surface area contributed by atoms with Gasteiger partial charge in [0.2, 0.25) is 11.8 Å². The second kappa shape index (κ2) is 7.66. The number of nitrogens with one attached hydrogen (secondary N) is 1. The number of hydrogen-bond acceptors (Lipinski definition) is 4. The lowest BCUT2D eigenvalue weighted by Crippen LogP contribution is -2.54. The van der Waals surface area contributed by atoms with Crippen LogP contribution in [-0.2, 0) is 25.7 Å². The van der Waals surface area contributed by atoms with Crippen LogP contribution < -0.4 is 5.32 Å². The fraction of sp³-hybridized carbons (Fsp3) is 0.471. The first kappa shape index (κ1) is 18.3. The number of benzene rings is 1. The van der Waals surface area contributed by atoms with Crippen LogP contribution in [0, 0.1) is 0 Å². The number of ether oxygens (including phenoxy) is 1. The Kier molecular flexibility index (Phi) is 5.83. The van der Waals surface area contributed by atoms with Gasteiger partial charge < -0.3 is 15.0 Å². The van der Waals surface area contributed by atoms with Crippen LogP contribution in [0.15, 0.2) is 24.3 Å². The van der Waals surface area contributed by atoms with Gasteiger partial charge in [0.05, 0.1) is 6.61 Å². The Morgan fingerprint density at radius 1 is 1.38 bits per heavy atom. The first-order valence-corrected chi connectivity index (χ1v) is 8.24. The molecule has 1 aromatic rings. The van der Waals surface area contributed by atoms with E-state index >= 15 is 0 Å². The zero-order valence-corrected chi connectivity index (χ0v) is 14.6. The summed E-state index contributed by atoms with van der Waals surface area (Å²) in [7, 11) is 0. The molecule has 0 aliphatic carbocycles. The Morgan fingerprint density at radius 3 is 2.75 bits per heavy atom. The van der Waals surface area contributed by atoms with Gasteiger partial charge in [-0.25, -0.2) is 0 Å². The lowest BCUT2D eigenvalue weighted by molar-refractivity contribution is -0.146. The molecule has 0 saturated carbocycles. The molecule has 1 atom stereocenters. The summed E-state index contributed by atoms with van der Waals surface area (Å²) in [6, 6.07) is 7.21. The van der Waals surface area contributed by atoms with Crippen LogP contribution in [-0.4, -0.2) is 41.4 Å². The van der Waals surface area contributed by atoms with Gasteiger partial charge in [0.25, 0.3) is 0 Å². The quantitative estimate of drug-likeness (QED) is 0.793. The standard InChI is InChI=1S/C17H21ClN2O4/c1-3-24-15(22)10-19-16(23)17(2)9-8-14(21)20(17)11-12-6-4-5-7-13(12)18/h4-7H,3,8-11H2,1-2H3,(H,19,23). The van der Waals surface area contributed by atoms with Crippen LogP contribution in [0.3, 0.4) is 0 Å². The molecule has 1 N–H and O–H groups in total. The highest BCUT2D eigenvalue weighted by molar-refractivity contribution is 6.31. The zero-order valence-electron chi connectivity index (χ0n) is 13.8. The van der Waals surface area contributed by atoms with Gasteiger partial charge in [0, 0.05) is 18.0 Å². The molecule has 2 rings (SSSR count). The van der Waals surface area contributed by atoms with Crippen LogP contribution in [0.25, 0.3) is 0 Å². The van der Waals surface area contributed by atoms with Gasteiger partial charge in [-0.05, 0) is 31.9 Å². The molecule has 0 bridgehead atoms. The Bertz CT molecular complexity index is 649. The van der Waals surface area contributed by atoms with E-state index in [-0.39, 0.29) is 37.9 Å². The predicted molar refractivity (Wildman–Crippen MR) is 89.3 cm³/mol. The number of hydrogen-bond donors (Lipinski definition) is 1. The third-order valence-corrected chi connectivity index (χ3v) is 4.57. The molecular formula is C17H21ClN2O4. The first-order valence-electron chi connectivity index (χ1n) is 7.86. The van der Waals surface area contributed by atoms with Crippen molar-refractivity contribution in [3.05, 3.63) is 34.9 Å². The Hall–Kier alpha value is -2.08. The number of amides is 2. The van der Waals surface area contributed by atoms with Crippen LogP contribution >= 0.6 is 11.6 Å². The highest BCUT2D eigenvalue weighted by Gasteiger charge is 2.47. The van der Waals surface area contributed by atoms with E-state index in [1.54, 1.807) is 19.9 Å². The van der Waals surface area contributed by atoms with Crippen molar-refractivity contribution in [3.8, 4) is 0 Å². The molecule has 0 radical (unpaired) electrons. The van der Waals surface area contributed by atoms with E-state index in [9.17, 15) is 14.4 Å². The lowest BCUT2D eigenvalue weighted by atomic mass is 9.97. The van der Waals surface area contributed by atoms with Crippen molar-refractivity contribution in [2.75, 3.05) is 13.2 Å². The molecule has 0 spiro atoms. The van der Waals surface area contributed by atoms with Crippen LogP contribution in [0.4, 0.5) is 0 Å². The van der Waals surface area contributed by atoms with E-state index in [1.165, 1.54) is 4.90 Å². The summed E-state index contributed by atoms with van der Waals surface area (Å²) in [4.78, 5) is 37.8. The number of esters is 1. The second-order valence-corrected chi connectivity index (χ2v) is 6.24. The SMILES string of the molecule is CCOC(=O)CNC(=O)C1(C)CCC(=O)N1Cc1ccccc1Cl. The molecule has 130 valence electrons. The van der Waals surface area contributed by atoms with Crippen LogP contribution in [0.5, 0.6) is 0 Å². The number of halogens is 1. The molecular weight excluding hydrogens is 332 g/mol. The first-order chi connectivity index (χ1) is 11.4. The zero-order chi connectivity index (χ0) is 17.7. The van der Waals surface area contributed by atoms with Gasteiger partial charge in [0.15, 0.2) is 0 Å². The number of likely N-dealkylation sites (tertiary alicyclic amines) is 1. The summed E-state index contributed by atoms with van der Waals surface area (Å²) < 4.78 is 4.80. The summed E-state index contributed by atoms with van der Waals surface area (Å²) in [5.74, 6) is -0.978. The minimum absolute atomic E-state index is 0.108. The lowest BCUT2D eigenvalue weighted by Gasteiger charge is -2.34. The normalized spacial score (nSPS) is 20.1. The molecule has 6 nitrogen and oxygen atoms in total. The maximum atomic E-state index is 12.6. The van der Waals surface area contributed by atoms with Crippen LogP contribution in [0.2, 0.25) is 5.02 Å². The number of carbonyl (C=O) groups is 3. The molecule has 0 aromatic heterocycles. The highest BCUT2D eigenvalue weighted by atomic mass is 35.5. The molecule has 1 heterocycles. The fourth-order valence-electron chi connectivity index (χ4n) is 2.75. The van der Waals surface area contributed by atoms with E-state index in [0.29, 0.717) is 11.4 Å². The van der Waals surface area contributed by atoms with E-state index in [2.05, 4.69) is 5.32 Å². The Morgan fingerprint density at radius 2 is 2.08 bits per heavy atom. The van der Waals surface area contributed by atoms with Gasteiger partial charge in [-0.3, -0.25) is 14.4 Å². The van der Waals surface area contributed by atoms with Crippen LogP contribution in [0.1, 0.15) is 32.3 Å². The van der Waals surface area contributed by atoms with Gasteiger partial charge in [-0.1, -0.05) is 29.8 Å². The summed E-state index contributed by atoms with van der Waals surface area (Å²) in [5.41, 5.74) is -0.234. The van der Waals surface area contributed by atoms with Crippen molar-refractivity contribution < 1.29 is 19.1 Å². The van der Waals surface area contributed by atoms with E-state index in [4.69, 9.17) is 16.3 Å².